The van der Waals surface area contributed by atoms with Crippen molar-refractivity contribution in [2.24, 2.45) is 5.92 Å². The Balaban J connectivity index is 2.14. The van der Waals surface area contributed by atoms with E-state index in [-0.39, 0.29) is 16.7 Å². The Morgan fingerprint density at radius 1 is 1.20 bits per heavy atom. The van der Waals surface area contributed by atoms with Crippen molar-refractivity contribution in [2.75, 3.05) is 47.1 Å². The minimum Gasteiger partial charge on any atom is -0.497 e. The lowest BCUT2D eigenvalue weighted by Crippen LogP contribution is -2.51. The smallest absolute Gasteiger partial charge is 0.244 e. The van der Waals surface area contributed by atoms with Crippen LogP contribution in [0.3, 0.4) is 0 Å². The standard InChI is InChI=1S/C17H28N2O5S/c1-13(2)15(19-7-9-24-10-8-19)12-18-25(20,21)17-6-5-14(22-3)11-16(17)23-4/h5-6,11,13,15,18H,7-10,12H2,1-4H3. The van der Waals surface area contributed by atoms with E-state index in [1.165, 1.54) is 20.3 Å². The van der Waals surface area contributed by atoms with Gasteiger partial charge >= 0.3 is 0 Å². The van der Waals surface area contributed by atoms with E-state index in [2.05, 4.69) is 23.5 Å². The number of nitrogens with one attached hydrogen (secondary N) is 1. The number of nitrogens with zero attached hydrogens (tertiary/aromatic N) is 1. The van der Waals surface area contributed by atoms with E-state index in [1.54, 1.807) is 12.1 Å². The van der Waals surface area contributed by atoms with Crippen LogP contribution in [-0.2, 0) is 14.8 Å². The normalized spacial score (nSPS) is 17.5. The predicted molar refractivity (Wildman–Crippen MR) is 95.8 cm³/mol. The average Bonchev–Trinajstić information content (AvgIpc) is 2.61. The highest BCUT2D eigenvalue weighted by molar-refractivity contribution is 7.89. The van der Waals surface area contributed by atoms with Crippen molar-refractivity contribution >= 4 is 10.0 Å². The summed E-state index contributed by atoms with van der Waals surface area (Å²) in [4.78, 5) is 2.39. The van der Waals surface area contributed by atoms with Crippen molar-refractivity contribution in [1.29, 1.82) is 0 Å². The molecule has 1 saturated heterocycles. The van der Waals surface area contributed by atoms with E-state index in [0.29, 0.717) is 31.4 Å². The molecule has 1 heterocycles. The fraction of sp³-hybridized carbons (Fsp3) is 0.647. The zero-order valence-corrected chi connectivity index (χ0v) is 16.1. The average molecular weight is 372 g/mol. The first-order chi connectivity index (χ1) is 11.9. The molecule has 0 amide bonds. The third-order valence-electron chi connectivity index (χ3n) is 4.43. The summed E-state index contributed by atoms with van der Waals surface area (Å²) >= 11 is 0. The topological polar surface area (TPSA) is 77.1 Å². The molecule has 142 valence electrons. The summed E-state index contributed by atoms with van der Waals surface area (Å²) in [5.74, 6) is 1.13. The lowest BCUT2D eigenvalue weighted by atomic mass is 10.0. The monoisotopic (exact) mass is 372 g/mol. The summed E-state index contributed by atoms with van der Waals surface area (Å²) < 4.78 is 44.0. The van der Waals surface area contributed by atoms with Crippen molar-refractivity contribution in [1.82, 2.24) is 9.62 Å². The third kappa shape index (κ3) is 5.07. The molecule has 1 N–H and O–H groups in total. The first kappa shape index (κ1) is 20.0. The summed E-state index contributed by atoms with van der Waals surface area (Å²) in [5.41, 5.74) is 0. The van der Waals surface area contributed by atoms with Crippen molar-refractivity contribution in [3.8, 4) is 11.5 Å². The first-order valence-electron chi connectivity index (χ1n) is 8.42. The SMILES string of the molecule is COc1ccc(S(=O)(=O)NCC(C(C)C)N2CCOCC2)c(OC)c1. The Kier molecular flexibility index (Phi) is 7.06. The fourth-order valence-electron chi connectivity index (χ4n) is 2.97. The van der Waals surface area contributed by atoms with Gasteiger partial charge in [-0.1, -0.05) is 13.8 Å². The van der Waals surface area contributed by atoms with Gasteiger partial charge < -0.3 is 14.2 Å². The lowest BCUT2D eigenvalue weighted by molar-refractivity contribution is 0.00776. The van der Waals surface area contributed by atoms with Crippen LogP contribution in [-0.4, -0.2) is 66.4 Å². The molecule has 1 aliphatic rings. The molecule has 1 aromatic rings. The van der Waals surface area contributed by atoms with Crippen molar-refractivity contribution in [3.63, 3.8) is 0 Å². The zero-order valence-electron chi connectivity index (χ0n) is 15.3. The van der Waals surface area contributed by atoms with Crippen LogP contribution in [0.5, 0.6) is 11.5 Å². The number of methoxy groups -OCH3 is 2. The van der Waals surface area contributed by atoms with Crippen molar-refractivity contribution in [2.45, 2.75) is 24.8 Å². The Hall–Kier alpha value is -1.35. The molecule has 0 saturated carbocycles. The quantitative estimate of drug-likeness (QED) is 0.742. The van der Waals surface area contributed by atoms with Crippen molar-refractivity contribution in [3.05, 3.63) is 18.2 Å². The molecule has 1 aromatic carbocycles. The Labute approximate surface area is 150 Å². The van der Waals surface area contributed by atoms with Gasteiger partial charge in [0.15, 0.2) is 0 Å². The maximum Gasteiger partial charge on any atom is 0.244 e. The van der Waals surface area contributed by atoms with Crippen molar-refractivity contribution < 1.29 is 22.6 Å². The number of hydrogen-bond acceptors (Lipinski definition) is 6. The van der Waals surface area contributed by atoms with Gasteiger partial charge in [-0.3, -0.25) is 4.90 Å². The number of ether oxygens (including phenoxy) is 3. The number of morpholine rings is 1. The van der Waals surface area contributed by atoms with Crippen LogP contribution in [0.15, 0.2) is 23.1 Å². The van der Waals surface area contributed by atoms with Crippen LogP contribution in [0.4, 0.5) is 0 Å². The van der Waals surface area contributed by atoms with Crippen LogP contribution in [0.2, 0.25) is 0 Å². The second kappa shape index (κ2) is 8.84. The van der Waals surface area contributed by atoms with E-state index >= 15 is 0 Å². The molecule has 1 fully saturated rings. The maximum atomic E-state index is 12.7. The molecule has 25 heavy (non-hydrogen) atoms. The van der Waals surface area contributed by atoms with Gasteiger partial charge in [0, 0.05) is 31.7 Å². The molecular weight excluding hydrogens is 344 g/mol. The summed E-state index contributed by atoms with van der Waals surface area (Å²) in [6, 6.07) is 4.79. The van der Waals surface area contributed by atoms with E-state index in [4.69, 9.17) is 14.2 Å². The maximum absolute atomic E-state index is 12.7. The van der Waals surface area contributed by atoms with Gasteiger partial charge in [0.2, 0.25) is 10.0 Å². The van der Waals surface area contributed by atoms with E-state index in [0.717, 1.165) is 13.1 Å². The van der Waals surface area contributed by atoms with Gasteiger partial charge in [-0.25, -0.2) is 13.1 Å². The minimum atomic E-state index is -3.68. The summed E-state index contributed by atoms with van der Waals surface area (Å²) in [6.45, 7) is 7.54. The van der Waals surface area contributed by atoms with Gasteiger partial charge in [-0.05, 0) is 18.1 Å². The molecule has 0 bridgehead atoms. The highest BCUT2D eigenvalue weighted by Gasteiger charge is 2.27. The second-order valence-corrected chi connectivity index (χ2v) is 8.06. The predicted octanol–water partition coefficient (Wildman–Crippen LogP) is 1.34. The number of rotatable bonds is 8. The van der Waals surface area contributed by atoms with Gasteiger partial charge in [0.05, 0.1) is 27.4 Å². The van der Waals surface area contributed by atoms with Gasteiger partial charge in [-0.2, -0.15) is 0 Å². The molecule has 0 spiro atoms. The lowest BCUT2D eigenvalue weighted by Gasteiger charge is -2.36. The molecule has 2 rings (SSSR count). The van der Waals surface area contributed by atoms with E-state index in [1.807, 2.05) is 0 Å². The van der Waals surface area contributed by atoms with E-state index < -0.39 is 10.0 Å². The second-order valence-electron chi connectivity index (χ2n) is 6.33. The van der Waals surface area contributed by atoms with Crippen LogP contribution < -0.4 is 14.2 Å². The van der Waals surface area contributed by atoms with Crippen LogP contribution >= 0.6 is 0 Å². The number of sulfonamides is 1. The zero-order chi connectivity index (χ0) is 18.4. The summed E-state index contributed by atoms with van der Waals surface area (Å²) in [5, 5.41) is 0. The number of benzene rings is 1. The highest BCUT2D eigenvalue weighted by Crippen LogP contribution is 2.28. The molecule has 8 heteroatoms. The molecular formula is C17H28N2O5S. The summed E-state index contributed by atoms with van der Waals surface area (Å²) in [7, 11) is -0.716. The molecule has 1 unspecified atom stereocenters. The molecule has 0 radical (unpaired) electrons. The molecule has 0 aliphatic carbocycles. The Bertz CT molecular complexity index is 657. The molecule has 1 atom stereocenters. The highest BCUT2D eigenvalue weighted by atomic mass is 32.2. The minimum absolute atomic E-state index is 0.111. The van der Waals surface area contributed by atoms with Gasteiger partial charge in [0.25, 0.3) is 0 Å². The molecule has 1 aliphatic heterocycles. The largest absolute Gasteiger partial charge is 0.497 e. The van der Waals surface area contributed by atoms with E-state index in [9.17, 15) is 8.42 Å². The third-order valence-corrected chi connectivity index (χ3v) is 5.89. The molecule has 7 nitrogen and oxygen atoms in total. The first-order valence-corrected chi connectivity index (χ1v) is 9.91. The Morgan fingerprint density at radius 2 is 1.88 bits per heavy atom. The fourth-order valence-corrected chi connectivity index (χ4v) is 4.17. The summed E-state index contributed by atoms with van der Waals surface area (Å²) in [6.07, 6.45) is 0. The number of hydrogen-bond donors (Lipinski definition) is 1. The van der Waals surface area contributed by atoms with Gasteiger partial charge in [-0.15, -0.1) is 0 Å². The Morgan fingerprint density at radius 3 is 2.44 bits per heavy atom. The van der Waals surface area contributed by atoms with Crippen LogP contribution in [0.1, 0.15) is 13.8 Å². The molecule has 0 aromatic heterocycles. The van der Waals surface area contributed by atoms with Crippen LogP contribution in [0, 0.1) is 5.92 Å². The van der Waals surface area contributed by atoms with Gasteiger partial charge in [0.1, 0.15) is 16.4 Å². The van der Waals surface area contributed by atoms with Crippen LogP contribution in [0.25, 0.3) is 0 Å².